The van der Waals surface area contributed by atoms with Crippen molar-refractivity contribution >= 4 is 51.0 Å². The van der Waals surface area contributed by atoms with E-state index in [1.54, 1.807) is 23.1 Å². The number of rotatable bonds is 8. The summed E-state index contributed by atoms with van der Waals surface area (Å²) >= 11 is 4.57. The van der Waals surface area contributed by atoms with E-state index in [-0.39, 0.29) is 18.2 Å². The van der Waals surface area contributed by atoms with E-state index in [0.29, 0.717) is 10.9 Å². The predicted octanol–water partition coefficient (Wildman–Crippen LogP) is 3.90. The standard InChI is InChI=1S/C20H16N6OS3/c21-10-11-22-18(27)13-28-19-25-24-17(26(19)14-6-2-1-3-7-14)12-29-20-23-15-8-4-5-9-16(15)30-20/h1-9H,11-13H2,(H,22,27). The van der Waals surface area contributed by atoms with Crippen LogP contribution < -0.4 is 5.32 Å². The van der Waals surface area contributed by atoms with Gasteiger partial charge in [0.2, 0.25) is 5.91 Å². The van der Waals surface area contributed by atoms with Crippen LogP contribution in [-0.2, 0) is 10.5 Å². The third-order valence-electron chi connectivity index (χ3n) is 4.01. The molecule has 4 rings (SSSR count). The number of benzene rings is 2. The Morgan fingerprint density at radius 1 is 1.10 bits per heavy atom. The van der Waals surface area contributed by atoms with Crippen LogP contribution in [-0.4, -0.2) is 38.0 Å². The molecule has 150 valence electrons. The number of carbonyl (C=O) groups is 1. The number of nitrogens with one attached hydrogen (secondary N) is 1. The fraction of sp³-hybridized carbons (Fsp3) is 0.150. The van der Waals surface area contributed by atoms with Crippen LogP contribution in [0.25, 0.3) is 15.9 Å². The van der Waals surface area contributed by atoms with Gasteiger partial charge in [-0.3, -0.25) is 9.36 Å². The number of nitriles is 1. The zero-order valence-electron chi connectivity index (χ0n) is 15.7. The topological polar surface area (TPSA) is 96.5 Å². The molecule has 7 nitrogen and oxygen atoms in total. The number of thiazole rings is 1. The summed E-state index contributed by atoms with van der Waals surface area (Å²) in [6.07, 6.45) is 0. The van der Waals surface area contributed by atoms with Gasteiger partial charge in [0.15, 0.2) is 9.50 Å². The zero-order valence-corrected chi connectivity index (χ0v) is 18.1. The van der Waals surface area contributed by atoms with Gasteiger partial charge in [0.25, 0.3) is 0 Å². The summed E-state index contributed by atoms with van der Waals surface area (Å²) in [5.74, 6) is 1.33. The van der Waals surface area contributed by atoms with Gasteiger partial charge in [0, 0.05) is 5.69 Å². The largest absolute Gasteiger partial charge is 0.342 e. The molecule has 2 heterocycles. The molecule has 0 bridgehead atoms. The molecule has 0 saturated heterocycles. The Hall–Kier alpha value is -2.87. The van der Waals surface area contributed by atoms with Crippen LogP contribution in [0.4, 0.5) is 0 Å². The summed E-state index contributed by atoms with van der Waals surface area (Å²) in [6, 6.07) is 19.8. The summed E-state index contributed by atoms with van der Waals surface area (Å²) < 4.78 is 4.09. The number of carbonyl (C=O) groups excluding carboxylic acids is 1. The highest BCUT2D eigenvalue weighted by molar-refractivity contribution is 8.00. The first-order chi connectivity index (χ1) is 14.7. The van der Waals surface area contributed by atoms with Gasteiger partial charge in [-0.1, -0.05) is 53.9 Å². The lowest BCUT2D eigenvalue weighted by atomic mass is 10.3. The maximum atomic E-state index is 11.9. The van der Waals surface area contributed by atoms with Gasteiger partial charge >= 0.3 is 0 Å². The van der Waals surface area contributed by atoms with E-state index in [4.69, 9.17) is 5.26 Å². The Labute approximate surface area is 185 Å². The SMILES string of the molecule is N#CCNC(=O)CSc1nnc(CSc2nc3ccccc3s2)n1-c1ccccc1. The lowest BCUT2D eigenvalue weighted by Gasteiger charge is -2.09. The van der Waals surface area contributed by atoms with Gasteiger partial charge in [-0.25, -0.2) is 4.98 Å². The Morgan fingerprint density at radius 2 is 1.90 bits per heavy atom. The number of hydrogen-bond donors (Lipinski definition) is 1. The first-order valence-corrected chi connectivity index (χ1v) is 11.8. The molecule has 30 heavy (non-hydrogen) atoms. The van der Waals surface area contributed by atoms with Crippen molar-refractivity contribution in [2.45, 2.75) is 15.2 Å². The normalized spacial score (nSPS) is 10.8. The first kappa shape index (κ1) is 20.4. The zero-order chi connectivity index (χ0) is 20.8. The molecule has 2 aromatic heterocycles. The first-order valence-electron chi connectivity index (χ1n) is 8.99. The second-order valence-corrected chi connectivity index (χ2v) is 9.23. The summed E-state index contributed by atoms with van der Waals surface area (Å²) in [4.78, 5) is 16.5. The Balaban J connectivity index is 1.54. The molecule has 1 amide bonds. The Morgan fingerprint density at radius 3 is 2.70 bits per heavy atom. The number of amides is 1. The predicted molar refractivity (Wildman–Crippen MR) is 120 cm³/mol. The summed E-state index contributed by atoms with van der Waals surface area (Å²) in [7, 11) is 0. The van der Waals surface area contributed by atoms with E-state index in [9.17, 15) is 4.79 Å². The number of hydrogen-bond acceptors (Lipinski definition) is 8. The van der Waals surface area contributed by atoms with Crippen molar-refractivity contribution in [3.05, 3.63) is 60.4 Å². The molecule has 10 heteroatoms. The molecule has 1 N–H and O–H groups in total. The highest BCUT2D eigenvalue weighted by Gasteiger charge is 2.17. The van der Waals surface area contributed by atoms with Crippen molar-refractivity contribution in [2.75, 3.05) is 12.3 Å². The molecule has 0 atom stereocenters. The fourth-order valence-electron chi connectivity index (χ4n) is 2.68. The van der Waals surface area contributed by atoms with E-state index in [0.717, 1.165) is 26.1 Å². The summed E-state index contributed by atoms with van der Waals surface area (Å²) in [5.41, 5.74) is 1.93. The number of thioether (sulfide) groups is 2. The minimum absolute atomic E-state index is 0.00513. The lowest BCUT2D eigenvalue weighted by molar-refractivity contribution is -0.118. The van der Waals surface area contributed by atoms with E-state index < -0.39 is 0 Å². The highest BCUT2D eigenvalue weighted by Crippen LogP contribution is 2.32. The van der Waals surface area contributed by atoms with Crippen LogP contribution in [0, 0.1) is 11.3 Å². The maximum absolute atomic E-state index is 11.9. The molecular weight excluding hydrogens is 436 g/mol. The smallest absolute Gasteiger partial charge is 0.231 e. The molecule has 4 aromatic rings. The molecule has 0 spiro atoms. The second-order valence-electron chi connectivity index (χ2n) is 6.03. The Bertz CT molecular complexity index is 1170. The van der Waals surface area contributed by atoms with Crippen LogP contribution in [0.15, 0.2) is 64.1 Å². The van der Waals surface area contributed by atoms with Crippen molar-refractivity contribution in [1.82, 2.24) is 25.1 Å². The third-order valence-corrected chi connectivity index (χ3v) is 7.12. The van der Waals surface area contributed by atoms with E-state index in [1.165, 1.54) is 11.8 Å². The van der Waals surface area contributed by atoms with Gasteiger partial charge in [-0.15, -0.1) is 21.5 Å². The molecule has 0 radical (unpaired) electrons. The molecule has 0 fully saturated rings. The monoisotopic (exact) mass is 452 g/mol. The van der Waals surface area contributed by atoms with Gasteiger partial charge in [0.1, 0.15) is 12.4 Å². The molecule has 0 aliphatic rings. The van der Waals surface area contributed by atoms with Crippen molar-refractivity contribution in [2.24, 2.45) is 0 Å². The Kier molecular flexibility index (Phi) is 6.63. The van der Waals surface area contributed by atoms with Crippen molar-refractivity contribution in [3.63, 3.8) is 0 Å². The third kappa shape index (κ3) is 4.81. The minimum atomic E-state index is -0.213. The van der Waals surface area contributed by atoms with E-state index in [1.807, 2.05) is 59.2 Å². The lowest BCUT2D eigenvalue weighted by Crippen LogP contribution is -2.25. The second kappa shape index (κ2) is 9.75. The van der Waals surface area contributed by atoms with E-state index in [2.05, 4.69) is 26.6 Å². The molecule has 0 unspecified atom stereocenters. The van der Waals surface area contributed by atoms with Gasteiger partial charge in [0.05, 0.1) is 27.8 Å². The van der Waals surface area contributed by atoms with Gasteiger partial charge in [-0.05, 0) is 24.3 Å². The quantitative estimate of drug-likeness (QED) is 0.320. The number of aromatic nitrogens is 4. The maximum Gasteiger partial charge on any atom is 0.231 e. The molecule has 0 aliphatic heterocycles. The van der Waals surface area contributed by atoms with Gasteiger partial charge < -0.3 is 5.32 Å². The number of fused-ring (bicyclic) bond motifs is 1. The highest BCUT2D eigenvalue weighted by atomic mass is 32.2. The fourth-order valence-corrected chi connectivity index (χ4v) is 5.46. The van der Waals surface area contributed by atoms with Crippen LogP contribution in [0.3, 0.4) is 0 Å². The molecular formula is C20H16N6OS3. The van der Waals surface area contributed by atoms with Crippen LogP contribution in [0.2, 0.25) is 0 Å². The summed E-state index contributed by atoms with van der Waals surface area (Å²) in [6.45, 7) is -0.00513. The number of para-hydroxylation sites is 2. The molecule has 0 aliphatic carbocycles. The van der Waals surface area contributed by atoms with Crippen molar-refractivity contribution in [3.8, 4) is 11.8 Å². The number of nitrogens with zero attached hydrogens (tertiary/aromatic N) is 5. The van der Waals surface area contributed by atoms with Crippen molar-refractivity contribution < 1.29 is 4.79 Å². The van der Waals surface area contributed by atoms with Crippen molar-refractivity contribution in [1.29, 1.82) is 5.26 Å². The summed E-state index contributed by atoms with van der Waals surface area (Å²) in [5, 5.41) is 20.4. The average molecular weight is 453 g/mol. The minimum Gasteiger partial charge on any atom is -0.342 e. The van der Waals surface area contributed by atoms with Crippen LogP contribution >= 0.6 is 34.9 Å². The van der Waals surface area contributed by atoms with Gasteiger partial charge in [-0.2, -0.15) is 5.26 Å². The average Bonchev–Trinajstić information content (AvgIpc) is 3.38. The molecule has 2 aromatic carbocycles. The van der Waals surface area contributed by atoms with Crippen LogP contribution in [0.5, 0.6) is 0 Å². The van der Waals surface area contributed by atoms with E-state index >= 15 is 0 Å². The van der Waals surface area contributed by atoms with Crippen LogP contribution in [0.1, 0.15) is 5.82 Å². The molecule has 0 saturated carbocycles.